The fraction of sp³-hybridized carbons (Fsp3) is 1.00. The minimum absolute atomic E-state index is 0.349. The first-order valence-corrected chi connectivity index (χ1v) is 6.33. The van der Waals surface area contributed by atoms with Crippen LogP contribution in [0.2, 0.25) is 0 Å². The lowest BCUT2D eigenvalue weighted by molar-refractivity contribution is 0.402. The maximum atomic E-state index is 3.64. The van der Waals surface area contributed by atoms with Crippen LogP contribution < -0.4 is 5.32 Å². The molecule has 1 aliphatic heterocycles. The van der Waals surface area contributed by atoms with E-state index in [9.17, 15) is 0 Å². The zero-order valence-electron chi connectivity index (χ0n) is 9.39. The Bertz CT molecular complexity index is 158. The van der Waals surface area contributed by atoms with Crippen LogP contribution in [0.1, 0.15) is 47.0 Å². The molecule has 2 unspecified atom stereocenters. The molecule has 0 aliphatic carbocycles. The van der Waals surface area contributed by atoms with E-state index in [1.807, 2.05) is 0 Å². The molecule has 0 saturated carbocycles. The molecule has 1 fully saturated rings. The second-order valence-electron chi connectivity index (χ2n) is 4.81. The number of rotatable bonds is 3. The van der Waals surface area contributed by atoms with Gasteiger partial charge < -0.3 is 5.32 Å². The average Bonchev–Trinajstić information content (AvgIpc) is 2.01. The SMILES string of the molecule is CC(C)CCC1(C)NCCC(C)S1. The minimum Gasteiger partial charge on any atom is -0.303 e. The first-order valence-electron chi connectivity index (χ1n) is 5.45. The van der Waals surface area contributed by atoms with Crippen LogP contribution in [-0.2, 0) is 0 Å². The van der Waals surface area contributed by atoms with Crippen molar-refractivity contribution in [1.29, 1.82) is 0 Å². The van der Waals surface area contributed by atoms with Crippen LogP contribution >= 0.6 is 11.8 Å². The van der Waals surface area contributed by atoms with Crippen LogP contribution in [0.15, 0.2) is 0 Å². The summed E-state index contributed by atoms with van der Waals surface area (Å²) in [4.78, 5) is 0.349. The summed E-state index contributed by atoms with van der Waals surface area (Å²) in [5.41, 5.74) is 0. The lowest BCUT2D eigenvalue weighted by Gasteiger charge is -2.38. The Hall–Kier alpha value is 0.310. The Morgan fingerprint density at radius 2 is 2.23 bits per heavy atom. The van der Waals surface area contributed by atoms with Gasteiger partial charge >= 0.3 is 0 Å². The second kappa shape index (κ2) is 4.70. The van der Waals surface area contributed by atoms with Gasteiger partial charge in [0.2, 0.25) is 0 Å². The predicted octanol–water partition coefficient (Wildman–Crippen LogP) is 3.25. The molecule has 1 aliphatic rings. The Morgan fingerprint density at radius 3 is 2.77 bits per heavy atom. The highest BCUT2D eigenvalue weighted by atomic mass is 32.2. The highest BCUT2D eigenvalue weighted by molar-refractivity contribution is 8.01. The fourth-order valence-electron chi connectivity index (χ4n) is 1.80. The van der Waals surface area contributed by atoms with E-state index in [1.54, 1.807) is 0 Å². The summed E-state index contributed by atoms with van der Waals surface area (Å²) in [7, 11) is 0. The molecule has 0 spiro atoms. The van der Waals surface area contributed by atoms with Gasteiger partial charge in [0.1, 0.15) is 0 Å². The van der Waals surface area contributed by atoms with Gasteiger partial charge in [0, 0.05) is 5.25 Å². The monoisotopic (exact) mass is 201 g/mol. The zero-order valence-corrected chi connectivity index (χ0v) is 10.2. The summed E-state index contributed by atoms with van der Waals surface area (Å²) in [6.07, 6.45) is 3.96. The van der Waals surface area contributed by atoms with Crippen LogP contribution in [-0.4, -0.2) is 16.7 Å². The number of hydrogen-bond donors (Lipinski definition) is 1. The normalized spacial score (nSPS) is 35.3. The van der Waals surface area contributed by atoms with Crippen molar-refractivity contribution >= 4 is 11.8 Å². The van der Waals surface area contributed by atoms with Gasteiger partial charge in [-0.25, -0.2) is 0 Å². The van der Waals surface area contributed by atoms with Crippen molar-refractivity contribution in [3.8, 4) is 0 Å². The van der Waals surface area contributed by atoms with Crippen molar-refractivity contribution in [3.05, 3.63) is 0 Å². The van der Waals surface area contributed by atoms with Gasteiger partial charge in [-0.15, -0.1) is 11.8 Å². The fourth-order valence-corrected chi connectivity index (χ4v) is 3.34. The molecular formula is C11H23NS. The third-order valence-electron chi connectivity index (χ3n) is 2.71. The first kappa shape index (κ1) is 11.4. The smallest absolute Gasteiger partial charge is 0.0619 e. The number of thioether (sulfide) groups is 1. The molecule has 1 saturated heterocycles. The molecule has 0 aromatic heterocycles. The average molecular weight is 201 g/mol. The Kier molecular flexibility index (Phi) is 4.11. The van der Waals surface area contributed by atoms with Crippen LogP contribution in [0.25, 0.3) is 0 Å². The first-order chi connectivity index (χ1) is 6.02. The molecule has 1 rings (SSSR count). The van der Waals surface area contributed by atoms with E-state index in [0.29, 0.717) is 4.87 Å². The van der Waals surface area contributed by atoms with Crippen molar-refractivity contribution in [1.82, 2.24) is 5.32 Å². The summed E-state index contributed by atoms with van der Waals surface area (Å²) < 4.78 is 0. The summed E-state index contributed by atoms with van der Waals surface area (Å²) in [6.45, 7) is 10.5. The van der Waals surface area contributed by atoms with Crippen LogP contribution in [0.5, 0.6) is 0 Å². The molecule has 2 heteroatoms. The molecule has 1 heterocycles. The molecule has 0 amide bonds. The van der Waals surface area contributed by atoms with Crippen molar-refractivity contribution < 1.29 is 0 Å². The van der Waals surface area contributed by atoms with E-state index in [2.05, 4.69) is 44.8 Å². The van der Waals surface area contributed by atoms with Gasteiger partial charge in [-0.2, -0.15) is 0 Å². The summed E-state index contributed by atoms with van der Waals surface area (Å²) in [5.74, 6) is 0.830. The van der Waals surface area contributed by atoms with Crippen molar-refractivity contribution in [2.75, 3.05) is 6.54 Å². The van der Waals surface area contributed by atoms with Crippen LogP contribution in [0, 0.1) is 5.92 Å². The summed E-state index contributed by atoms with van der Waals surface area (Å²) in [6, 6.07) is 0. The lowest BCUT2D eigenvalue weighted by atomic mass is 10.0. The van der Waals surface area contributed by atoms with Crippen molar-refractivity contribution in [2.24, 2.45) is 5.92 Å². The lowest BCUT2D eigenvalue weighted by Crippen LogP contribution is -2.45. The molecule has 0 radical (unpaired) electrons. The largest absolute Gasteiger partial charge is 0.303 e. The van der Waals surface area contributed by atoms with E-state index >= 15 is 0 Å². The predicted molar refractivity (Wildman–Crippen MR) is 62.1 cm³/mol. The third kappa shape index (κ3) is 3.90. The molecule has 0 aromatic rings. The van der Waals surface area contributed by atoms with Gasteiger partial charge in [-0.1, -0.05) is 20.8 Å². The second-order valence-corrected chi connectivity index (χ2v) is 6.75. The molecule has 13 heavy (non-hydrogen) atoms. The van der Waals surface area contributed by atoms with Gasteiger partial charge in [0.15, 0.2) is 0 Å². The number of hydrogen-bond acceptors (Lipinski definition) is 2. The van der Waals surface area contributed by atoms with Crippen LogP contribution in [0.3, 0.4) is 0 Å². The molecule has 1 nitrogen and oxygen atoms in total. The molecule has 0 aromatic carbocycles. The van der Waals surface area contributed by atoms with Gasteiger partial charge in [-0.05, 0) is 38.6 Å². The Labute approximate surface area is 87.1 Å². The van der Waals surface area contributed by atoms with Gasteiger partial charge in [0.05, 0.1) is 4.87 Å². The van der Waals surface area contributed by atoms with E-state index in [0.717, 1.165) is 11.2 Å². The highest BCUT2D eigenvalue weighted by Crippen LogP contribution is 2.36. The number of nitrogens with one attached hydrogen (secondary N) is 1. The third-order valence-corrected chi connectivity index (χ3v) is 4.22. The molecule has 1 N–H and O–H groups in total. The van der Waals surface area contributed by atoms with Gasteiger partial charge in [-0.3, -0.25) is 0 Å². The van der Waals surface area contributed by atoms with Crippen LogP contribution in [0.4, 0.5) is 0 Å². The summed E-state index contributed by atoms with van der Waals surface area (Å²) >= 11 is 2.12. The van der Waals surface area contributed by atoms with Crippen molar-refractivity contribution in [3.63, 3.8) is 0 Å². The standard InChI is InChI=1S/C11H23NS/c1-9(2)5-7-11(4)12-8-6-10(3)13-11/h9-10,12H,5-8H2,1-4H3. The maximum Gasteiger partial charge on any atom is 0.0619 e. The minimum atomic E-state index is 0.349. The Balaban J connectivity index is 2.35. The van der Waals surface area contributed by atoms with E-state index < -0.39 is 0 Å². The topological polar surface area (TPSA) is 12.0 Å². The van der Waals surface area contributed by atoms with E-state index in [-0.39, 0.29) is 0 Å². The summed E-state index contributed by atoms with van der Waals surface area (Å²) in [5, 5.41) is 4.48. The van der Waals surface area contributed by atoms with Crippen molar-refractivity contribution in [2.45, 2.75) is 57.1 Å². The molecular weight excluding hydrogens is 178 g/mol. The molecule has 78 valence electrons. The highest BCUT2D eigenvalue weighted by Gasteiger charge is 2.29. The van der Waals surface area contributed by atoms with Gasteiger partial charge in [0.25, 0.3) is 0 Å². The zero-order chi connectivity index (χ0) is 9.90. The molecule has 2 atom stereocenters. The quantitative estimate of drug-likeness (QED) is 0.752. The Morgan fingerprint density at radius 1 is 1.54 bits per heavy atom. The maximum absolute atomic E-state index is 3.64. The van der Waals surface area contributed by atoms with E-state index in [4.69, 9.17) is 0 Å². The molecule has 0 bridgehead atoms. The van der Waals surface area contributed by atoms with E-state index in [1.165, 1.54) is 25.8 Å².